The maximum Gasteiger partial charge on any atom is 0.363 e. The summed E-state index contributed by atoms with van der Waals surface area (Å²) in [7, 11) is 0. The highest BCUT2D eigenvalue weighted by Gasteiger charge is 2.24. The molecule has 0 aromatic heterocycles. The van der Waals surface area contributed by atoms with Gasteiger partial charge >= 0.3 is 5.97 Å². The predicted octanol–water partition coefficient (Wildman–Crippen LogP) is 5.33. The lowest BCUT2D eigenvalue weighted by atomic mass is 10.2. The molecule has 0 radical (unpaired) electrons. The number of aliphatic imine (C=N–C) groups is 1. The molecule has 0 bridgehead atoms. The maximum atomic E-state index is 12.3. The average molecular weight is 491 g/mol. The van der Waals surface area contributed by atoms with E-state index in [1.807, 2.05) is 48.5 Å². The van der Waals surface area contributed by atoms with Crippen LogP contribution in [0.4, 0.5) is 5.69 Å². The van der Waals surface area contributed by atoms with E-state index in [4.69, 9.17) is 9.47 Å². The molecule has 1 aliphatic heterocycles. The number of nitrogens with one attached hydrogen (secondary N) is 1. The zero-order chi connectivity index (χ0) is 22.5. The molecule has 0 atom stereocenters. The van der Waals surface area contributed by atoms with Crippen LogP contribution in [0.2, 0.25) is 0 Å². The van der Waals surface area contributed by atoms with Gasteiger partial charge in [-0.1, -0.05) is 40.2 Å². The Morgan fingerprint density at radius 1 is 1.09 bits per heavy atom. The molecule has 3 aromatic rings. The van der Waals surface area contributed by atoms with Crippen molar-refractivity contribution in [3.63, 3.8) is 0 Å². The third-order valence-corrected chi connectivity index (χ3v) is 5.02. The Bertz CT molecular complexity index is 1230. The van der Waals surface area contributed by atoms with Crippen molar-refractivity contribution in [1.82, 2.24) is 0 Å². The molecule has 1 N–H and O–H groups in total. The molecule has 0 unspecified atom stereocenters. The quantitative estimate of drug-likeness (QED) is 0.374. The summed E-state index contributed by atoms with van der Waals surface area (Å²) in [5.41, 5.74) is 3.31. The number of carbonyl (C=O) groups is 2. The number of hydrogen-bond donors (Lipinski definition) is 1. The monoisotopic (exact) mass is 490 g/mol. The highest BCUT2D eigenvalue weighted by atomic mass is 79.9. The first-order chi connectivity index (χ1) is 15.5. The van der Waals surface area contributed by atoms with Crippen LogP contribution >= 0.6 is 15.9 Å². The highest BCUT2D eigenvalue weighted by molar-refractivity contribution is 9.10. The molecule has 6 nitrogen and oxygen atoms in total. The third kappa shape index (κ3) is 5.50. The summed E-state index contributed by atoms with van der Waals surface area (Å²) in [6, 6.07) is 22.2. The number of ether oxygens (including phenoxy) is 2. The van der Waals surface area contributed by atoms with Gasteiger partial charge in [0.2, 0.25) is 11.8 Å². The zero-order valence-electron chi connectivity index (χ0n) is 17.2. The van der Waals surface area contributed by atoms with Gasteiger partial charge in [0.25, 0.3) is 0 Å². The molecule has 32 heavy (non-hydrogen) atoms. The Labute approximate surface area is 193 Å². The van der Waals surface area contributed by atoms with E-state index in [1.54, 1.807) is 30.3 Å². The SMILES string of the molecule is CC(=O)Nc1ccc(C2=N/C(=C\c3cccc(OCc4cccc(Br)c4)c3)C(=O)O2)cc1. The minimum absolute atomic E-state index is 0.157. The van der Waals surface area contributed by atoms with E-state index >= 15 is 0 Å². The molecule has 1 heterocycles. The molecule has 1 amide bonds. The lowest BCUT2D eigenvalue weighted by molar-refractivity contribution is -0.129. The second-order valence-corrected chi connectivity index (χ2v) is 8.00. The van der Waals surface area contributed by atoms with Crippen LogP contribution in [-0.2, 0) is 20.9 Å². The van der Waals surface area contributed by atoms with E-state index in [0.29, 0.717) is 23.6 Å². The number of cyclic esters (lactones) is 1. The highest BCUT2D eigenvalue weighted by Crippen LogP contribution is 2.23. The number of anilines is 1. The van der Waals surface area contributed by atoms with Gasteiger partial charge in [-0.05, 0) is 65.7 Å². The normalized spacial score (nSPS) is 14.1. The number of carbonyl (C=O) groups excluding carboxylic acids is 2. The molecule has 0 aliphatic carbocycles. The van der Waals surface area contributed by atoms with Gasteiger partial charge in [-0.3, -0.25) is 4.79 Å². The minimum atomic E-state index is -0.522. The van der Waals surface area contributed by atoms with Crippen LogP contribution in [0.3, 0.4) is 0 Å². The Morgan fingerprint density at radius 3 is 2.62 bits per heavy atom. The van der Waals surface area contributed by atoms with E-state index < -0.39 is 5.97 Å². The number of amides is 1. The Kier molecular flexibility index (Phi) is 6.47. The lowest BCUT2D eigenvalue weighted by Gasteiger charge is -2.07. The summed E-state index contributed by atoms with van der Waals surface area (Å²) in [6.45, 7) is 1.87. The van der Waals surface area contributed by atoms with Crippen molar-refractivity contribution < 1.29 is 19.1 Å². The second-order valence-electron chi connectivity index (χ2n) is 7.09. The van der Waals surface area contributed by atoms with Gasteiger partial charge in [-0.15, -0.1) is 0 Å². The summed E-state index contributed by atoms with van der Waals surface area (Å²) in [5, 5.41) is 2.69. The van der Waals surface area contributed by atoms with Gasteiger partial charge in [0, 0.05) is 22.6 Å². The smallest absolute Gasteiger partial charge is 0.363 e. The van der Waals surface area contributed by atoms with Crippen LogP contribution in [0, 0.1) is 0 Å². The first-order valence-electron chi connectivity index (χ1n) is 9.84. The topological polar surface area (TPSA) is 77.0 Å². The zero-order valence-corrected chi connectivity index (χ0v) is 18.8. The predicted molar refractivity (Wildman–Crippen MR) is 126 cm³/mol. The summed E-state index contributed by atoms with van der Waals surface area (Å²) < 4.78 is 12.2. The van der Waals surface area contributed by atoms with Crippen molar-refractivity contribution in [2.75, 3.05) is 5.32 Å². The fourth-order valence-corrected chi connectivity index (χ4v) is 3.52. The fraction of sp³-hybridized carbons (Fsp3) is 0.0800. The molecule has 0 spiro atoms. The number of benzene rings is 3. The van der Waals surface area contributed by atoms with Gasteiger partial charge in [0.1, 0.15) is 12.4 Å². The van der Waals surface area contributed by atoms with Gasteiger partial charge in [-0.2, -0.15) is 0 Å². The summed E-state index contributed by atoms with van der Waals surface area (Å²) >= 11 is 3.45. The van der Waals surface area contributed by atoms with Gasteiger partial charge < -0.3 is 14.8 Å². The van der Waals surface area contributed by atoms with Gasteiger partial charge in [-0.25, -0.2) is 9.79 Å². The van der Waals surface area contributed by atoms with Crippen LogP contribution in [0.15, 0.2) is 88.0 Å². The maximum absolute atomic E-state index is 12.3. The van der Waals surface area contributed by atoms with E-state index in [0.717, 1.165) is 15.6 Å². The second kappa shape index (κ2) is 9.62. The first kappa shape index (κ1) is 21.5. The molecule has 0 fully saturated rings. The van der Waals surface area contributed by atoms with Gasteiger partial charge in [0.15, 0.2) is 5.70 Å². The van der Waals surface area contributed by atoms with Crippen molar-refractivity contribution in [2.45, 2.75) is 13.5 Å². The molecular weight excluding hydrogens is 472 g/mol. The first-order valence-corrected chi connectivity index (χ1v) is 10.6. The van der Waals surface area contributed by atoms with Crippen molar-refractivity contribution in [3.8, 4) is 5.75 Å². The number of rotatable bonds is 6. The largest absolute Gasteiger partial charge is 0.489 e. The van der Waals surface area contributed by atoms with Crippen molar-refractivity contribution in [3.05, 3.63) is 99.7 Å². The molecule has 0 saturated heterocycles. The van der Waals surface area contributed by atoms with E-state index in [9.17, 15) is 9.59 Å². The Balaban J connectivity index is 1.48. The third-order valence-electron chi connectivity index (χ3n) is 4.53. The molecule has 7 heteroatoms. The van der Waals surface area contributed by atoms with Crippen LogP contribution in [0.5, 0.6) is 5.75 Å². The van der Waals surface area contributed by atoms with Crippen LogP contribution in [-0.4, -0.2) is 17.8 Å². The van der Waals surface area contributed by atoms with Crippen molar-refractivity contribution in [2.24, 2.45) is 4.99 Å². The molecular formula is C25H19BrN2O4. The van der Waals surface area contributed by atoms with Crippen molar-refractivity contribution >= 4 is 45.5 Å². The van der Waals surface area contributed by atoms with Crippen LogP contribution in [0.25, 0.3) is 6.08 Å². The summed E-state index contributed by atoms with van der Waals surface area (Å²) in [6.07, 6.45) is 1.66. The summed E-state index contributed by atoms with van der Waals surface area (Å²) in [4.78, 5) is 27.8. The van der Waals surface area contributed by atoms with E-state index in [1.165, 1.54) is 6.92 Å². The lowest BCUT2D eigenvalue weighted by Crippen LogP contribution is -2.07. The molecule has 4 rings (SSSR count). The average Bonchev–Trinajstić information content (AvgIpc) is 3.13. The van der Waals surface area contributed by atoms with Crippen LogP contribution < -0.4 is 10.1 Å². The van der Waals surface area contributed by atoms with Crippen molar-refractivity contribution in [1.29, 1.82) is 0 Å². The van der Waals surface area contributed by atoms with Crippen LogP contribution in [0.1, 0.15) is 23.6 Å². The van der Waals surface area contributed by atoms with E-state index in [-0.39, 0.29) is 17.5 Å². The number of esters is 1. The Morgan fingerprint density at radius 2 is 1.88 bits per heavy atom. The minimum Gasteiger partial charge on any atom is -0.489 e. The molecule has 1 aliphatic rings. The molecule has 0 saturated carbocycles. The van der Waals surface area contributed by atoms with E-state index in [2.05, 4.69) is 26.2 Å². The van der Waals surface area contributed by atoms with Gasteiger partial charge in [0.05, 0.1) is 0 Å². The number of nitrogens with zero attached hydrogens (tertiary/aromatic N) is 1. The molecule has 160 valence electrons. The standard InChI is InChI=1S/C25H19BrN2O4/c1-16(29)27-21-10-8-19(9-11-21)24-28-23(25(30)32-24)14-17-4-3-7-22(13-17)31-15-18-5-2-6-20(26)12-18/h2-14H,15H2,1H3,(H,27,29)/b23-14-. The molecule has 3 aromatic carbocycles. The number of halogens is 1. The Hall–Kier alpha value is -3.71. The number of hydrogen-bond acceptors (Lipinski definition) is 5. The fourth-order valence-electron chi connectivity index (χ4n) is 3.08. The summed E-state index contributed by atoms with van der Waals surface area (Å²) in [5.74, 6) is 0.225.